The van der Waals surface area contributed by atoms with E-state index < -0.39 is 5.97 Å². The van der Waals surface area contributed by atoms with E-state index in [4.69, 9.17) is 0 Å². The van der Waals surface area contributed by atoms with Crippen LogP contribution in [0.4, 0.5) is 0 Å². The van der Waals surface area contributed by atoms with Gasteiger partial charge in [-0.05, 0) is 53.4 Å². The predicted molar refractivity (Wildman–Crippen MR) is 82.3 cm³/mol. The van der Waals surface area contributed by atoms with Crippen molar-refractivity contribution in [3.8, 4) is 0 Å². The van der Waals surface area contributed by atoms with Gasteiger partial charge in [0.2, 0.25) is 0 Å². The maximum Gasteiger partial charge on any atom is 0.307 e. The first kappa shape index (κ1) is 14.2. The number of thiophene rings is 1. The van der Waals surface area contributed by atoms with E-state index in [0.29, 0.717) is 6.54 Å². The first-order valence-electron chi connectivity index (χ1n) is 7.14. The highest BCUT2D eigenvalue weighted by molar-refractivity contribution is 7.08. The fourth-order valence-corrected chi connectivity index (χ4v) is 3.70. The van der Waals surface area contributed by atoms with Gasteiger partial charge < -0.3 is 5.11 Å². The number of likely N-dealkylation sites (tertiary alicyclic amines) is 1. The third-order valence-corrected chi connectivity index (χ3v) is 4.73. The molecule has 3 heterocycles. The van der Waals surface area contributed by atoms with Crippen LogP contribution >= 0.6 is 11.3 Å². The lowest BCUT2D eigenvalue weighted by Gasteiger charge is -2.37. The average Bonchev–Trinajstić information content (AvgIpc) is 3.03. The van der Waals surface area contributed by atoms with Gasteiger partial charge in [-0.3, -0.25) is 14.7 Å². The number of nitrogens with zero attached hydrogens (tertiary/aromatic N) is 2. The number of piperidine rings is 1. The molecule has 0 saturated carbocycles. The Labute approximate surface area is 128 Å². The molecular weight excluding hydrogens is 284 g/mol. The topological polar surface area (TPSA) is 53.4 Å². The van der Waals surface area contributed by atoms with Gasteiger partial charge in [0.15, 0.2) is 0 Å². The Morgan fingerprint density at radius 2 is 2.33 bits per heavy atom. The van der Waals surface area contributed by atoms with Crippen LogP contribution in [0.1, 0.15) is 30.0 Å². The second-order valence-electron chi connectivity index (χ2n) is 5.42. The number of hydrogen-bond donors (Lipinski definition) is 1. The molecule has 2 aromatic heterocycles. The molecule has 2 aromatic rings. The van der Waals surface area contributed by atoms with Gasteiger partial charge in [-0.25, -0.2) is 0 Å². The quantitative estimate of drug-likeness (QED) is 0.943. The highest BCUT2D eigenvalue weighted by Crippen LogP contribution is 2.33. The Kier molecular flexibility index (Phi) is 4.31. The van der Waals surface area contributed by atoms with Crippen molar-refractivity contribution >= 4 is 17.3 Å². The Morgan fingerprint density at radius 1 is 1.43 bits per heavy atom. The van der Waals surface area contributed by atoms with E-state index in [-0.39, 0.29) is 12.0 Å². The summed E-state index contributed by atoms with van der Waals surface area (Å²) in [5.74, 6) is -0.952. The van der Waals surface area contributed by atoms with Crippen molar-refractivity contribution in [1.29, 1.82) is 0 Å². The Bertz CT molecular complexity index is 586. The fourth-order valence-electron chi connectivity index (χ4n) is 3.02. The highest BCUT2D eigenvalue weighted by Gasteiger charge is 2.31. The zero-order chi connectivity index (χ0) is 14.7. The maximum absolute atomic E-state index is 11.3. The number of carbonyl (C=O) groups is 1. The van der Waals surface area contributed by atoms with E-state index in [9.17, 15) is 9.90 Å². The SMILES string of the molecule is O=C(O)C1CCCN(C(c2cccnc2)c2ccsc2)C1. The Balaban J connectivity index is 1.91. The molecule has 1 N–H and O–H groups in total. The van der Waals surface area contributed by atoms with Gasteiger partial charge in [-0.2, -0.15) is 11.3 Å². The number of aromatic nitrogens is 1. The molecule has 0 spiro atoms. The van der Waals surface area contributed by atoms with E-state index in [1.165, 1.54) is 5.56 Å². The molecular formula is C16H18N2O2S. The van der Waals surface area contributed by atoms with E-state index in [1.807, 2.05) is 12.3 Å². The molecule has 1 aliphatic heterocycles. The van der Waals surface area contributed by atoms with Gasteiger partial charge in [0.1, 0.15) is 0 Å². The minimum absolute atomic E-state index is 0.104. The summed E-state index contributed by atoms with van der Waals surface area (Å²) in [7, 11) is 0. The first-order chi connectivity index (χ1) is 10.3. The Hall–Kier alpha value is -1.72. The molecule has 4 nitrogen and oxygen atoms in total. The molecule has 0 aromatic carbocycles. The van der Waals surface area contributed by atoms with Crippen molar-refractivity contribution in [1.82, 2.24) is 9.88 Å². The summed E-state index contributed by atoms with van der Waals surface area (Å²) in [5.41, 5.74) is 2.35. The van der Waals surface area contributed by atoms with Crippen molar-refractivity contribution < 1.29 is 9.90 Å². The minimum Gasteiger partial charge on any atom is -0.481 e. The summed E-state index contributed by atoms with van der Waals surface area (Å²) in [6.07, 6.45) is 5.35. The van der Waals surface area contributed by atoms with Crippen LogP contribution < -0.4 is 0 Å². The summed E-state index contributed by atoms with van der Waals surface area (Å²) >= 11 is 1.67. The van der Waals surface area contributed by atoms with Crippen LogP contribution in [0.15, 0.2) is 41.4 Å². The second kappa shape index (κ2) is 6.37. The van der Waals surface area contributed by atoms with E-state index in [2.05, 4.69) is 32.8 Å². The third kappa shape index (κ3) is 3.14. The first-order valence-corrected chi connectivity index (χ1v) is 8.09. The lowest BCUT2D eigenvalue weighted by Crippen LogP contribution is -2.41. The number of aliphatic carboxylic acids is 1. The van der Waals surface area contributed by atoms with Crippen LogP contribution in [0.5, 0.6) is 0 Å². The molecule has 5 heteroatoms. The van der Waals surface area contributed by atoms with Crippen molar-refractivity contribution in [2.24, 2.45) is 5.92 Å². The summed E-state index contributed by atoms with van der Waals surface area (Å²) in [6, 6.07) is 6.23. The van der Waals surface area contributed by atoms with Crippen LogP contribution in [0.25, 0.3) is 0 Å². The smallest absolute Gasteiger partial charge is 0.307 e. The molecule has 1 saturated heterocycles. The van der Waals surface area contributed by atoms with Gasteiger partial charge in [0, 0.05) is 18.9 Å². The number of pyridine rings is 1. The number of hydrogen-bond acceptors (Lipinski definition) is 4. The van der Waals surface area contributed by atoms with Crippen LogP contribution in [-0.4, -0.2) is 34.0 Å². The second-order valence-corrected chi connectivity index (χ2v) is 6.20. The van der Waals surface area contributed by atoms with Gasteiger partial charge >= 0.3 is 5.97 Å². The standard InChI is InChI=1S/C16H18N2O2S/c19-16(20)13-4-2-7-18(10-13)15(14-5-8-21-11-14)12-3-1-6-17-9-12/h1,3,5-6,8-9,11,13,15H,2,4,7,10H2,(H,19,20). The average molecular weight is 302 g/mol. The van der Waals surface area contributed by atoms with E-state index in [0.717, 1.165) is 24.9 Å². The van der Waals surface area contributed by atoms with Crippen molar-refractivity contribution in [3.05, 3.63) is 52.5 Å². The molecule has 2 atom stereocenters. The lowest BCUT2D eigenvalue weighted by molar-refractivity contribution is -0.143. The third-order valence-electron chi connectivity index (χ3n) is 4.03. The molecule has 1 fully saturated rings. The number of carboxylic acids is 1. The van der Waals surface area contributed by atoms with Gasteiger partial charge in [-0.1, -0.05) is 6.07 Å². The molecule has 0 aliphatic carbocycles. The summed E-state index contributed by atoms with van der Waals surface area (Å²) in [4.78, 5) is 17.8. The molecule has 110 valence electrons. The van der Waals surface area contributed by atoms with Crippen LogP contribution in [0, 0.1) is 5.92 Å². The normalized spacial score (nSPS) is 21.0. The zero-order valence-electron chi connectivity index (χ0n) is 11.7. The number of carboxylic acid groups (broad SMARTS) is 1. The van der Waals surface area contributed by atoms with E-state index in [1.54, 1.807) is 17.5 Å². The van der Waals surface area contributed by atoms with Crippen LogP contribution in [0.3, 0.4) is 0 Å². The summed E-state index contributed by atoms with van der Waals surface area (Å²) in [6.45, 7) is 1.53. The van der Waals surface area contributed by atoms with E-state index >= 15 is 0 Å². The molecule has 0 bridgehead atoms. The lowest BCUT2D eigenvalue weighted by atomic mass is 9.93. The van der Waals surface area contributed by atoms with Gasteiger partial charge in [-0.15, -0.1) is 0 Å². The Morgan fingerprint density at radius 3 is 3.00 bits per heavy atom. The molecule has 21 heavy (non-hydrogen) atoms. The largest absolute Gasteiger partial charge is 0.481 e. The van der Waals surface area contributed by atoms with Crippen LogP contribution in [0.2, 0.25) is 0 Å². The maximum atomic E-state index is 11.3. The van der Waals surface area contributed by atoms with Gasteiger partial charge in [0.05, 0.1) is 12.0 Å². The van der Waals surface area contributed by atoms with Crippen molar-refractivity contribution in [3.63, 3.8) is 0 Å². The monoisotopic (exact) mass is 302 g/mol. The molecule has 0 amide bonds. The zero-order valence-corrected chi connectivity index (χ0v) is 12.5. The minimum atomic E-state index is -0.685. The van der Waals surface area contributed by atoms with Crippen LogP contribution in [-0.2, 0) is 4.79 Å². The highest BCUT2D eigenvalue weighted by atomic mass is 32.1. The summed E-state index contributed by atoms with van der Waals surface area (Å²) in [5, 5.41) is 13.5. The van der Waals surface area contributed by atoms with Crippen molar-refractivity contribution in [2.45, 2.75) is 18.9 Å². The fraction of sp³-hybridized carbons (Fsp3) is 0.375. The molecule has 0 radical (unpaired) electrons. The van der Waals surface area contributed by atoms with Crippen molar-refractivity contribution in [2.75, 3.05) is 13.1 Å². The molecule has 1 aliphatic rings. The molecule has 3 rings (SSSR count). The summed E-state index contributed by atoms with van der Waals surface area (Å²) < 4.78 is 0. The molecule has 2 unspecified atom stereocenters. The number of rotatable bonds is 4. The van der Waals surface area contributed by atoms with Gasteiger partial charge in [0.25, 0.3) is 0 Å². The predicted octanol–water partition coefficient (Wildman–Crippen LogP) is 3.03.